The van der Waals surface area contributed by atoms with Crippen molar-refractivity contribution in [3.8, 4) is 5.75 Å². The number of halogens is 2. The molecule has 2 atom stereocenters. The molecule has 3 N–H and O–H groups in total. The van der Waals surface area contributed by atoms with Crippen LogP contribution in [0.1, 0.15) is 47.0 Å². The molecule has 162 valence electrons. The van der Waals surface area contributed by atoms with Crippen molar-refractivity contribution in [2.75, 3.05) is 13.7 Å². The van der Waals surface area contributed by atoms with Crippen molar-refractivity contribution in [2.24, 2.45) is 5.73 Å². The van der Waals surface area contributed by atoms with E-state index in [1.807, 2.05) is 27.7 Å². The van der Waals surface area contributed by atoms with Crippen molar-refractivity contribution in [3.05, 3.63) is 29.0 Å². The minimum absolute atomic E-state index is 0. The Bertz CT molecular complexity index is 662. The van der Waals surface area contributed by atoms with Crippen LogP contribution in [0.2, 0.25) is 5.02 Å². The Morgan fingerprint density at radius 2 is 1.96 bits per heavy atom. The number of hydrogen-bond donors (Lipinski definition) is 2. The molecule has 0 heterocycles. The van der Waals surface area contributed by atoms with Crippen LogP contribution in [0.15, 0.2) is 18.2 Å². The fourth-order valence-electron chi connectivity index (χ4n) is 1.70. The molecule has 1 rings (SSSR count). The number of nitrogens with two attached hydrogens (primary N) is 1. The zero-order valence-electron chi connectivity index (χ0n) is 16.9. The van der Waals surface area contributed by atoms with Crippen LogP contribution in [0.3, 0.4) is 0 Å². The summed E-state index contributed by atoms with van der Waals surface area (Å²) >= 11 is 5.60. The molecular formula is C18H30ClFNO6P. The van der Waals surface area contributed by atoms with Gasteiger partial charge in [0.2, 0.25) is 5.85 Å². The van der Waals surface area contributed by atoms with Crippen LogP contribution >= 0.6 is 19.2 Å². The van der Waals surface area contributed by atoms with Gasteiger partial charge in [0.05, 0.1) is 0 Å². The highest BCUT2D eigenvalue weighted by Gasteiger charge is 2.34. The summed E-state index contributed by atoms with van der Waals surface area (Å²) in [6.45, 7) is 7.18. The summed E-state index contributed by atoms with van der Waals surface area (Å²) < 4.78 is 39.8. The van der Waals surface area contributed by atoms with Gasteiger partial charge in [0.15, 0.2) is 18.2 Å². The van der Waals surface area contributed by atoms with Gasteiger partial charge in [-0.25, -0.2) is 9.18 Å². The maximum Gasteiger partial charge on any atom is 0.368 e. The first kappa shape index (κ1) is 26.8. The van der Waals surface area contributed by atoms with Gasteiger partial charge in [-0.2, -0.15) is 0 Å². The van der Waals surface area contributed by atoms with E-state index in [0.29, 0.717) is 6.42 Å². The van der Waals surface area contributed by atoms with Gasteiger partial charge in [-0.15, -0.1) is 0 Å². The minimum atomic E-state index is -4.07. The second kappa shape index (κ2) is 12.4. The van der Waals surface area contributed by atoms with E-state index in [0.717, 1.165) is 19.6 Å². The zero-order valence-corrected chi connectivity index (χ0v) is 18.6. The van der Waals surface area contributed by atoms with Gasteiger partial charge in [-0.05, 0) is 51.8 Å². The van der Waals surface area contributed by atoms with Crippen molar-refractivity contribution in [2.45, 2.75) is 58.3 Å². The molecule has 7 nitrogen and oxygen atoms in total. The van der Waals surface area contributed by atoms with Crippen molar-refractivity contribution < 1.29 is 32.6 Å². The Balaban J connectivity index is 0.00000129. The number of carbonyl (C=O) groups is 1. The molecule has 10 heteroatoms. The maximum absolute atomic E-state index is 13.5. The number of ether oxygens (including phenoxy) is 2. The van der Waals surface area contributed by atoms with Crippen LogP contribution in [0.25, 0.3) is 0 Å². The highest BCUT2D eigenvalue weighted by molar-refractivity contribution is 7.53. The first-order valence-corrected chi connectivity index (χ1v) is 10.8. The number of carbonyl (C=O) groups excluding carboxylic acids is 1. The van der Waals surface area contributed by atoms with Crippen LogP contribution < -0.4 is 10.5 Å². The second-order valence-electron chi connectivity index (χ2n) is 7.06. The molecule has 0 fully saturated rings. The molecule has 1 aromatic carbocycles. The van der Waals surface area contributed by atoms with Crippen LogP contribution in [0.5, 0.6) is 5.75 Å². The van der Waals surface area contributed by atoms with E-state index >= 15 is 0 Å². The monoisotopic (exact) mass is 441 g/mol. The molecule has 0 bridgehead atoms. The van der Waals surface area contributed by atoms with Gasteiger partial charge in [-0.3, -0.25) is 4.57 Å². The Morgan fingerprint density at radius 1 is 1.39 bits per heavy atom. The number of unbranched alkanes of at least 4 members (excludes halogenated alkanes) is 1. The standard InChI is InChI=1S/C14H19ClFO6P.C4H11N/c1-3-4-5-14(23(18,19)20-2)22-13(17)9-21-12-7-6-10(15)8-11(12)16;1-4(2,3)5/h6-8,14H,3-5,9H2,1-2H3,(H,18,19);5H2,1-3H3. The quantitative estimate of drug-likeness (QED) is 0.429. The molecule has 0 aliphatic carbocycles. The molecule has 28 heavy (non-hydrogen) atoms. The zero-order chi connectivity index (χ0) is 22.0. The average Bonchev–Trinajstić information content (AvgIpc) is 2.56. The topological polar surface area (TPSA) is 108 Å². The highest BCUT2D eigenvalue weighted by atomic mass is 35.5. The van der Waals surface area contributed by atoms with E-state index in [1.165, 1.54) is 12.1 Å². The SMILES string of the molecule is CC(C)(C)N.CCCCC(OC(=O)COc1ccc(Cl)cc1F)P(=O)(O)OC. The fraction of sp³-hybridized carbons (Fsp3) is 0.611. The molecule has 2 unspecified atom stereocenters. The van der Waals surface area contributed by atoms with Crippen LogP contribution in [0.4, 0.5) is 4.39 Å². The van der Waals surface area contributed by atoms with Gasteiger partial charge in [-0.1, -0.05) is 24.9 Å². The lowest BCUT2D eigenvalue weighted by Crippen LogP contribution is -2.26. The van der Waals surface area contributed by atoms with Crippen molar-refractivity contribution in [1.82, 2.24) is 0 Å². The Morgan fingerprint density at radius 3 is 2.43 bits per heavy atom. The third-order valence-electron chi connectivity index (χ3n) is 2.94. The van der Waals surface area contributed by atoms with E-state index in [1.54, 1.807) is 0 Å². The lowest BCUT2D eigenvalue weighted by Gasteiger charge is -2.21. The summed E-state index contributed by atoms with van der Waals surface area (Å²) in [7, 11) is -3.01. The van der Waals surface area contributed by atoms with Crippen LogP contribution in [0, 0.1) is 5.82 Å². The van der Waals surface area contributed by atoms with Crippen molar-refractivity contribution >= 4 is 25.2 Å². The predicted octanol–water partition coefficient (Wildman–Crippen LogP) is 4.49. The Kier molecular flexibility index (Phi) is 11.9. The summed E-state index contributed by atoms with van der Waals surface area (Å²) in [6.07, 6.45) is 1.52. The number of rotatable bonds is 9. The van der Waals surface area contributed by atoms with E-state index in [2.05, 4.69) is 4.52 Å². The van der Waals surface area contributed by atoms with E-state index in [9.17, 15) is 18.6 Å². The number of hydrogen-bond acceptors (Lipinski definition) is 6. The molecular weight excluding hydrogens is 412 g/mol. The molecule has 0 aromatic heterocycles. The van der Waals surface area contributed by atoms with Gasteiger partial charge in [0, 0.05) is 17.7 Å². The molecule has 0 saturated heterocycles. The van der Waals surface area contributed by atoms with Gasteiger partial charge in [0.25, 0.3) is 0 Å². The average molecular weight is 442 g/mol. The second-order valence-corrected chi connectivity index (χ2v) is 9.57. The summed E-state index contributed by atoms with van der Waals surface area (Å²) in [4.78, 5) is 21.4. The summed E-state index contributed by atoms with van der Waals surface area (Å²) in [6, 6.07) is 3.72. The Hall–Kier alpha value is -1.18. The third kappa shape index (κ3) is 12.3. The third-order valence-corrected chi connectivity index (χ3v) is 4.79. The van der Waals surface area contributed by atoms with Crippen LogP contribution in [-0.2, 0) is 18.6 Å². The molecule has 0 aliphatic rings. The normalized spacial score (nSPS) is 14.3. The molecule has 0 aliphatic heterocycles. The Labute approximate surface area is 170 Å². The number of benzene rings is 1. The summed E-state index contributed by atoms with van der Waals surface area (Å²) in [5.74, 6) is -3.07. The molecule has 0 amide bonds. The highest BCUT2D eigenvalue weighted by Crippen LogP contribution is 2.49. The summed E-state index contributed by atoms with van der Waals surface area (Å²) in [5, 5.41) is 0.193. The predicted molar refractivity (Wildman–Crippen MR) is 107 cm³/mol. The molecule has 0 saturated carbocycles. The van der Waals surface area contributed by atoms with Crippen molar-refractivity contribution in [3.63, 3.8) is 0 Å². The maximum atomic E-state index is 13.5. The molecule has 1 aromatic rings. The van der Waals surface area contributed by atoms with E-state index in [4.69, 9.17) is 26.8 Å². The fourth-order valence-corrected chi connectivity index (χ4v) is 2.85. The lowest BCUT2D eigenvalue weighted by atomic mass is 10.1. The smallest absolute Gasteiger partial charge is 0.368 e. The van der Waals surface area contributed by atoms with Gasteiger partial charge < -0.3 is 24.6 Å². The first-order valence-electron chi connectivity index (χ1n) is 8.74. The molecule has 0 radical (unpaired) electrons. The number of esters is 1. The first-order chi connectivity index (χ1) is 12.8. The lowest BCUT2D eigenvalue weighted by molar-refractivity contribution is -0.149. The van der Waals surface area contributed by atoms with E-state index < -0.39 is 31.8 Å². The van der Waals surface area contributed by atoms with Crippen molar-refractivity contribution in [1.29, 1.82) is 0 Å². The molecule has 0 spiro atoms. The largest absolute Gasteiger partial charge is 0.479 e. The summed E-state index contributed by atoms with van der Waals surface area (Å²) in [5.41, 5.74) is 5.35. The van der Waals surface area contributed by atoms with Crippen LogP contribution in [-0.4, -0.2) is 36.0 Å². The van der Waals surface area contributed by atoms with Gasteiger partial charge in [0.1, 0.15) is 0 Å². The minimum Gasteiger partial charge on any atom is -0.479 e. The van der Waals surface area contributed by atoms with E-state index in [-0.39, 0.29) is 22.7 Å². The van der Waals surface area contributed by atoms with Gasteiger partial charge >= 0.3 is 13.6 Å².